The van der Waals surface area contributed by atoms with Gasteiger partial charge < -0.3 is 9.47 Å². The summed E-state index contributed by atoms with van der Waals surface area (Å²) in [7, 11) is 0. The second kappa shape index (κ2) is 6.81. The van der Waals surface area contributed by atoms with E-state index in [4.69, 9.17) is 9.47 Å². The first-order chi connectivity index (χ1) is 8.91. The second-order valence-electron chi connectivity index (χ2n) is 6.39. The minimum absolute atomic E-state index is 0.321. The van der Waals surface area contributed by atoms with Gasteiger partial charge in [-0.05, 0) is 55.4 Å². The summed E-state index contributed by atoms with van der Waals surface area (Å²) >= 11 is 0. The molecule has 0 aliphatic rings. The Bertz CT molecular complexity index is 308. The van der Waals surface area contributed by atoms with Gasteiger partial charge in [0.1, 0.15) is 11.2 Å². The van der Waals surface area contributed by atoms with Crippen LogP contribution in [0.5, 0.6) is 0 Å². The zero-order valence-electron chi connectivity index (χ0n) is 13.9. The van der Waals surface area contributed by atoms with E-state index in [-0.39, 0.29) is 0 Å². The standard InChI is InChI=1S/C14H28N2O4/c1-9-15(11(17)19-13(3,4)5)16(10-2)12(18)20-14(6,7)8/h9-10H2,1-8H3. The zero-order chi connectivity index (χ0) is 16.1. The first kappa shape index (κ1) is 18.5. The van der Waals surface area contributed by atoms with Gasteiger partial charge in [0, 0.05) is 13.1 Å². The Morgan fingerprint density at radius 2 is 1.00 bits per heavy atom. The molecule has 0 aliphatic carbocycles. The summed E-state index contributed by atoms with van der Waals surface area (Å²) in [6.45, 7) is 14.9. The highest BCUT2D eigenvalue weighted by Crippen LogP contribution is 2.15. The fourth-order valence-corrected chi connectivity index (χ4v) is 1.43. The van der Waals surface area contributed by atoms with Crippen LogP contribution in [0.3, 0.4) is 0 Å². The highest BCUT2D eigenvalue weighted by Gasteiger charge is 2.30. The molecule has 0 bridgehead atoms. The van der Waals surface area contributed by atoms with E-state index in [1.165, 1.54) is 10.0 Å². The van der Waals surface area contributed by atoms with Crippen molar-refractivity contribution in [2.75, 3.05) is 13.1 Å². The lowest BCUT2D eigenvalue weighted by atomic mass is 10.2. The topological polar surface area (TPSA) is 59.1 Å². The third-order valence-corrected chi connectivity index (χ3v) is 2.10. The number of hydrogen-bond acceptors (Lipinski definition) is 4. The molecule has 0 aromatic carbocycles. The van der Waals surface area contributed by atoms with Crippen molar-refractivity contribution in [1.82, 2.24) is 10.0 Å². The van der Waals surface area contributed by atoms with Crippen molar-refractivity contribution in [3.8, 4) is 0 Å². The van der Waals surface area contributed by atoms with E-state index in [1.54, 1.807) is 55.4 Å². The Morgan fingerprint density at radius 3 is 1.15 bits per heavy atom. The second-order valence-corrected chi connectivity index (χ2v) is 6.39. The number of nitrogens with zero attached hydrogens (tertiary/aromatic N) is 2. The third-order valence-electron chi connectivity index (χ3n) is 2.10. The molecule has 0 aliphatic heterocycles. The maximum atomic E-state index is 12.1. The van der Waals surface area contributed by atoms with Crippen LogP contribution in [0, 0.1) is 0 Å². The van der Waals surface area contributed by atoms with Crippen LogP contribution in [0.4, 0.5) is 9.59 Å². The van der Waals surface area contributed by atoms with Crippen LogP contribution in [0.15, 0.2) is 0 Å². The first-order valence-corrected chi connectivity index (χ1v) is 6.92. The van der Waals surface area contributed by atoms with Gasteiger partial charge >= 0.3 is 12.2 Å². The summed E-state index contributed by atoms with van der Waals surface area (Å²) in [4.78, 5) is 24.2. The normalized spacial score (nSPS) is 11.8. The maximum Gasteiger partial charge on any atom is 0.429 e. The lowest BCUT2D eigenvalue weighted by Crippen LogP contribution is -2.52. The van der Waals surface area contributed by atoms with Gasteiger partial charge in [-0.1, -0.05) is 0 Å². The summed E-state index contributed by atoms with van der Waals surface area (Å²) in [6, 6.07) is 0. The quantitative estimate of drug-likeness (QED) is 0.731. The molecule has 0 heterocycles. The van der Waals surface area contributed by atoms with Gasteiger partial charge in [0.05, 0.1) is 0 Å². The smallest absolute Gasteiger partial charge is 0.429 e. The molecule has 2 amide bonds. The first-order valence-electron chi connectivity index (χ1n) is 6.92. The molecule has 0 spiro atoms. The predicted molar refractivity (Wildman–Crippen MR) is 77.2 cm³/mol. The molecule has 0 atom stereocenters. The van der Waals surface area contributed by atoms with E-state index in [0.29, 0.717) is 13.1 Å². The van der Waals surface area contributed by atoms with Crippen molar-refractivity contribution in [2.24, 2.45) is 0 Å². The molecule has 0 radical (unpaired) electrons. The molecule has 20 heavy (non-hydrogen) atoms. The van der Waals surface area contributed by atoms with Crippen molar-refractivity contribution in [3.05, 3.63) is 0 Å². The van der Waals surface area contributed by atoms with E-state index in [1.807, 2.05) is 0 Å². The Hall–Kier alpha value is -1.46. The summed E-state index contributed by atoms with van der Waals surface area (Å²) in [5, 5.41) is 2.50. The lowest BCUT2D eigenvalue weighted by Gasteiger charge is -2.35. The number of ether oxygens (including phenoxy) is 2. The van der Waals surface area contributed by atoms with Crippen molar-refractivity contribution < 1.29 is 19.1 Å². The molecule has 118 valence electrons. The number of hydrogen-bond donors (Lipinski definition) is 0. The van der Waals surface area contributed by atoms with E-state index in [9.17, 15) is 9.59 Å². The summed E-state index contributed by atoms with van der Waals surface area (Å²) in [5.74, 6) is 0. The largest absolute Gasteiger partial charge is 0.442 e. The third kappa shape index (κ3) is 6.63. The number of carbonyl (C=O) groups excluding carboxylic acids is 2. The van der Waals surface area contributed by atoms with Gasteiger partial charge in [-0.25, -0.2) is 19.6 Å². The highest BCUT2D eigenvalue weighted by atomic mass is 16.6. The van der Waals surface area contributed by atoms with E-state index in [0.717, 1.165) is 0 Å². The molecule has 0 aromatic rings. The Morgan fingerprint density at radius 1 is 0.750 bits per heavy atom. The Balaban J connectivity index is 4.99. The average Bonchev–Trinajstić information content (AvgIpc) is 2.19. The summed E-state index contributed by atoms with van der Waals surface area (Å²) in [6.07, 6.45) is -1.12. The molecule has 0 rings (SSSR count). The minimum atomic E-state index is -0.613. The molecule has 0 aromatic heterocycles. The van der Waals surface area contributed by atoms with Crippen LogP contribution in [0.2, 0.25) is 0 Å². The van der Waals surface area contributed by atoms with Gasteiger partial charge in [-0.3, -0.25) is 0 Å². The summed E-state index contributed by atoms with van der Waals surface area (Å²) < 4.78 is 10.6. The van der Waals surface area contributed by atoms with Gasteiger partial charge in [-0.15, -0.1) is 0 Å². The van der Waals surface area contributed by atoms with Crippen molar-refractivity contribution in [3.63, 3.8) is 0 Å². The number of carbonyl (C=O) groups is 2. The Labute approximate surface area is 122 Å². The molecule has 6 nitrogen and oxygen atoms in total. The highest BCUT2D eigenvalue weighted by molar-refractivity contribution is 5.74. The van der Waals surface area contributed by atoms with Crippen LogP contribution in [-0.2, 0) is 9.47 Å². The van der Waals surface area contributed by atoms with Crippen LogP contribution in [-0.4, -0.2) is 46.5 Å². The average molecular weight is 288 g/mol. The molecule has 0 fully saturated rings. The summed E-state index contributed by atoms with van der Waals surface area (Å²) in [5.41, 5.74) is -1.23. The Kier molecular flexibility index (Phi) is 6.32. The SMILES string of the molecule is CCN(C(=O)OC(C)(C)C)N(CC)C(=O)OC(C)(C)C. The molecule has 6 heteroatoms. The number of hydrazine groups is 1. The number of amides is 2. The van der Waals surface area contributed by atoms with Gasteiger partial charge in [0.25, 0.3) is 0 Å². The fourth-order valence-electron chi connectivity index (χ4n) is 1.43. The predicted octanol–water partition coefficient (Wildman–Crippen LogP) is 3.42. The van der Waals surface area contributed by atoms with Crippen LogP contribution >= 0.6 is 0 Å². The molecule has 0 N–H and O–H groups in total. The van der Waals surface area contributed by atoms with E-state index < -0.39 is 23.4 Å². The van der Waals surface area contributed by atoms with Crippen LogP contribution < -0.4 is 0 Å². The van der Waals surface area contributed by atoms with Gasteiger partial charge in [0.15, 0.2) is 0 Å². The van der Waals surface area contributed by atoms with Crippen LogP contribution in [0.1, 0.15) is 55.4 Å². The number of rotatable bonds is 2. The molecular weight excluding hydrogens is 260 g/mol. The fraction of sp³-hybridized carbons (Fsp3) is 0.857. The zero-order valence-corrected chi connectivity index (χ0v) is 13.9. The van der Waals surface area contributed by atoms with E-state index in [2.05, 4.69) is 0 Å². The van der Waals surface area contributed by atoms with Crippen molar-refractivity contribution in [2.45, 2.75) is 66.6 Å². The van der Waals surface area contributed by atoms with Gasteiger partial charge in [0.2, 0.25) is 0 Å². The van der Waals surface area contributed by atoms with Crippen molar-refractivity contribution in [1.29, 1.82) is 0 Å². The maximum absolute atomic E-state index is 12.1. The van der Waals surface area contributed by atoms with Crippen molar-refractivity contribution >= 4 is 12.2 Å². The monoisotopic (exact) mass is 288 g/mol. The minimum Gasteiger partial charge on any atom is -0.442 e. The van der Waals surface area contributed by atoms with Gasteiger partial charge in [-0.2, -0.15) is 0 Å². The lowest BCUT2D eigenvalue weighted by molar-refractivity contribution is -0.0589. The molecule has 0 saturated carbocycles. The molecule has 0 unspecified atom stereocenters. The van der Waals surface area contributed by atoms with E-state index >= 15 is 0 Å². The molecule has 0 saturated heterocycles. The molecular formula is C14H28N2O4. The van der Waals surface area contributed by atoms with Crippen LogP contribution in [0.25, 0.3) is 0 Å².